The molecule has 0 aliphatic heterocycles. The Morgan fingerprint density at radius 1 is 0.789 bits per heavy atom. The first-order valence-corrected chi connectivity index (χ1v) is 12.8. The molecule has 0 aromatic heterocycles. The predicted molar refractivity (Wildman–Crippen MR) is 169 cm³/mol. The Kier molecular flexibility index (Phi) is 18.7. The van der Waals surface area contributed by atoms with Crippen LogP contribution in [-0.4, -0.2) is 58.7 Å². The number of carbonyl (C=O) groups is 2. The van der Waals surface area contributed by atoms with Gasteiger partial charge in [-0.2, -0.15) is 10.2 Å². The van der Waals surface area contributed by atoms with Crippen molar-refractivity contribution in [2.75, 3.05) is 20.6 Å². The minimum absolute atomic E-state index is 0.420. The van der Waals surface area contributed by atoms with E-state index in [1.807, 2.05) is 44.2 Å². The number of hydrazone groups is 2. The molecular weight excluding hydrogens is 539 g/mol. The summed E-state index contributed by atoms with van der Waals surface area (Å²) in [4.78, 5) is 22.5. The third kappa shape index (κ3) is 15.0. The first-order valence-electron chi connectivity index (χ1n) is 11.6. The lowest BCUT2D eigenvalue weighted by Gasteiger charge is -2.09. The standard InChI is InChI=1S/C13H18N6S2.C9H8O2.C4H9NS/c1-9(16-18-12(20)14-2)11(17-19-13(21)15-3)10-7-5-4-6-8-10;1-7(10)9(11)8-5-3-2-4-6-8;1-2-4(6)3-5/h4-8H,1-3H3,(H2,14,18,20)(H2,15,19,21);2-6H,1H3;2-3,5H2,1H3/b16-9-,17-11+;;. The first-order chi connectivity index (χ1) is 18.1. The fourth-order valence-electron chi connectivity index (χ4n) is 2.29. The summed E-state index contributed by atoms with van der Waals surface area (Å²) in [7, 11) is 3.44. The molecule has 0 saturated carbocycles. The highest BCUT2D eigenvalue weighted by Gasteiger charge is 2.09. The summed E-state index contributed by atoms with van der Waals surface area (Å²) in [5, 5.41) is 14.9. The van der Waals surface area contributed by atoms with Gasteiger partial charge in [0.1, 0.15) is 5.71 Å². The number of rotatable bonds is 8. The Bertz CT molecular complexity index is 1120. The number of ketones is 2. The molecule has 0 heterocycles. The van der Waals surface area contributed by atoms with Crippen LogP contribution in [0.25, 0.3) is 0 Å². The maximum atomic E-state index is 11.0. The van der Waals surface area contributed by atoms with Gasteiger partial charge in [-0.3, -0.25) is 20.4 Å². The Balaban J connectivity index is 0.000000666. The van der Waals surface area contributed by atoms with Crippen LogP contribution in [0, 0.1) is 0 Å². The Hall–Kier alpha value is -3.45. The average molecular weight is 574 g/mol. The molecule has 0 saturated heterocycles. The van der Waals surface area contributed by atoms with Crippen LogP contribution >= 0.6 is 36.7 Å². The molecule has 0 aliphatic carbocycles. The molecule has 38 heavy (non-hydrogen) atoms. The number of hydrogen-bond donors (Lipinski definition) is 5. The number of nitrogens with two attached hydrogens (primary N) is 1. The molecular formula is C26H35N7O2S3. The number of carbonyl (C=O) groups excluding carboxylic acids is 2. The van der Waals surface area contributed by atoms with Crippen molar-refractivity contribution in [3.63, 3.8) is 0 Å². The molecule has 0 unspecified atom stereocenters. The highest BCUT2D eigenvalue weighted by molar-refractivity contribution is 7.80. The van der Waals surface area contributed by atoms with Gasteiger partial charge in [-0.25, -0.2) is 0 Å². The predicted octanol–water partition coefficient (Wildman–Crippen LogP) is 3.14. The first kappa shape index (κ1) is 34.6. The summed E-state index contributed by atoms with van der Waals surface area (Å²) in [5.74, 6) is -0.846. The third-order valence-corrected chi connectivity index (χ3v) is 5.46. The highest BCUT2D eigenvalue weighted by Crippen LogP contribution is 2.03. The van der Waals surface area contributed by atoms with Gasteiger partial charge in [0.15, 0.2) is 16.0 Å². The summed E-state index contributed by atoms with van der Waals surface area (Å²) < 4.78 is 0. The number of thiocarbonyl (C=S) groups is 3. The van der Waals surface area contributed by atoms with E-state index in [9.17, 15) is 9.59 Å². The van der Waals surface area contributed by atoms with E-state index >= 15 is 0 Å². The number of Topliss-reactive ketones (excluding diaryl/α,β-unsaturated/α-hetero) is 2. The zero-order chi connectivity index (χ0) is 28.9. The molecule has 6 N–H and O–H groups in total. The van der Waals surface area contributed by atoms with Crippen molar-refractivity contribution < 1.29 is 9.59 Å². The second kappa shape index (κ2) is 20.6. The fraction of sp³-hybridized carbons (Fsp3) is 0.269. The highest BCUT2D eigenvalue weighted by atomic mass is 32.1. The monoisotopic (exact) mass is 573 g/mol. The van der Waals surface area contributed by atoms with Crippen LogP contribution in [0.4, 0.5) is 0 Å². The van der Waals surface area contributed by atoms with Gasteiger partial charge in [0, 0.05) is 43.6 Å². The number of nitrogens with one attached hydrogen (secondary N) is 4. The Morgan fingerprint density at radius 3 is 1.61 bits per heavy atom. The molecule has 2 rings (SSSR count). The molecule has 9 nitrogen and oxygen atoms in total. The fourth-order valence-corrected chi connectivity index (χ4v) is 2.38. The topological polar surface area (TPSA) is 133 Å². The van der Waals surface area contributed by atoms with Crippen LogP contribution in [0.2, 0.25) is 0 Å². The van der Waals surface area contributed by atoms with Crippen LogP contribution < -0.4 is 27.2 Å². The van der Waals surface area contributed by atoms with Gasteiger partial charge in [0.2, 0.25) is 5.78 Å². The van der Waals surface area contributed by atoms with Gasteiger partial charge in [-0.05, 0) is 37.8 Å². The van der Waals surface area contributed by atoms with E-state index in [1.54, 1.807) is 44.4 Å². The van der Waals surface area contributed by atoms with Gasteiger partial charge >= 0.3 is 0 Å². The average Bonchev–Trinajstić information content (AvgIpc) is 2.96. The lowest BCUT2D eigenvalue weighted by molar-refractivity contribution is -0.113. The Labute approximate surface area is 240 Å². The summed E-state index contributed by atoms with van der Waals surface area (Å²) >= 11 is 14.7. The van der Waals surface area contributed by atoms with Crippen LogP contribution in [0.3, 0.4) is 0 Å². The van der Waals surface area contributed by atoms with E-state index in [2.05, 4.69) is 31.7 Å². The minimum Gasteiger partial charge on any atom is -0.364 e. The number of hydrogen-bond acceptors (Lipinski definition) is 8. The second-order valence-electron chi connectivity index (χ2n) is 7.25. The largest absolute Gasteiger partial charge is 0.364 e. The van der Waals surface area contributed by atoms with Gasteiger partial charge in [0.05, 0.1) is 5.71 Å². The summed E-state index contributed by atoms with van der Waals surface area (Å²) in [6.07, 6.45) is 0.936. The van der Waals surface area contributed by atoms with Gasteiger partial charge in [-0.1, -0.05) is 79.8 Å². The van der Waals surface area contributed by atoms with E-state index in [1.165, 1.54) is 6.92 Å². The second-order valence-corrected chi connectivity index (χ2v) is 8.65. The normalized spacial score (nSPS) is 10.4. The SMILES string of the molecule is CC(=O)C(=O)c1ccccc1.CCC(=S)CN.CNC(=S)N/N=C(C)\C(=N/NC(=S)NC)c1ccccc1. The van der Waals surface area contributed by atoms with Crippen molar-refractivity contribution in [2.24, 2.45) is 15.9 Å². The zero-order valence-corrected chi connectivity index (χ0v) is 24.7. The van der Waals surface area contributed by atoms with Crippen molar-refractivity contribution >= 4 is 74.7 Å². The molecule has 0 amide bonds. The van der Waals surface area contributed by atoms with Crippen molar-refractivity contribution in [2.45, 2.75) is 27.2 Å². The van der Waals surface area contributed by atoms with Crippen molar-refractivity contribution in [3.8, 4) is 0 Å². The van der Waals surface area contributed by atoms with E-state index in [0.29, 0.717) is 33.8 Å². The van der Waals surface area contributed by atoms with Crippen molar-refractivity contribution in [3.05, 3.63) is 71.8 Å². The smallest absolute Gasteiger partial charge is 0.228 e. The van der Waals surface area contributed by atoms with Gasteiger partial charge in [-0.15, -0.1) is 0 Å². The molecule has 0 bridgehead atoms. The minimum atomic E-state index is -0.425. The molecule has 0 spiro atoms. The maximum absolute atomic E-state index is 11.0. The van der Waals surface area contributed by atoms with Crippen LogP contribution in [0.5, 0.6) is 0 Å². The molecule has 2 aromatic rings. The Morgan fingerprint density at radius 2 is 1.24 bits per heavy atom. The summed E-state index contributed by atoms with van der Waals surface area (Å²) in [6.45, 7) is 5.68. The molecule has 0 aliphatic rings. The molecule has 204 valence electrons. The third-order valence-electron chi connectivity index (χ3n) is 4.42. The van der Waals surface area contributed by atoms with Crippen LogP contribution in [0.1, 0.15) is 43.1 Å². The van der Waals surface area contributed by atoms with Gasteiger partial charge < -0.3 is 16.4 Å². The van der Waals surface area contributed by atoms with Gasteiger partial charge in [0.25, 0.3) is 0 Å². The number of benzene rings is 2. The molecule has 0 atom stereocenters. The molecule has 2 aromatic carbocycles. The quantitative estimate of drug-likeness (QED) is 0.105. The van der Waals surface area contributed by atoms with E-state index in [0.717, 1.165) is 16.8 Å². The zero-order valence-electron chi connectivity index (χ0n) is 22.2. The lowest BCUT2D eigenvalue weighted by Crippen LogP contribution is -2.32. The van der Waals surface area contributed by atoms with E-state index in [-0.39, 0.29) is 0 Å². The summed E-state index contributed by atoms with van der Waals surface area (Å²) in [6, 6.07) is 18.2. The van der Waals surface area contributed by atoms with E-state index < -0.39 is 11.6 Å². The van der Waals surface area contributed by atoms with Crippen LogP contribution in [-0.2, 0) is 4.79 Å². The van der Waals surface area contributed by atoms with Crippen molar-refractivity contribution in [1.82, 2.24) is 21.5 Å². The van der Waals surface area contributed by atoms with Crippen molar-refractivity contribution in [1.29, 1.82) is 0 Å². The number of nitrogens with zero attached hydrogens (tertiary/aromatic N) is 2. The molecule has 12 heteroatoms. The van der Waals surface area contributed by atoms with Crippen LogP contribution in [0.15, 0.2) is 70.9 Å². The molecule has 0 fully saturated rings. The maximum Gasteiger partial charge on any atom is 0.228 e. The van der Waals surface area contributed by atoms with E-state index in [4.69, 9.17) is 42.4 Å². The summed E-state index contributed by atoms with van der Waals surface area (Å²) in [5.41, 5.74) is 13.4. The molecule has 0 radical (unpaired) electrons. The lowest BCUT2D eigenvalue weighted by atomic mass is 10.1.